The summed E-state index contributed by atoms with van der Waals surface area (Å²) < 4.78 is 39.8. The van der Waals surface area contributed by atoms with Gasteiger partial charge in [0, 0.05) is 28.4 Å². The molecule has 8 heteroatoms. The van der Waals surface area contributed by atoms with Crippen LogP contribution in [0, 0.1) is 29.1 Å². The number of amides is 2. The van der Waals surface area contributed by atoms with Crippen molar-refractivity contribution in [1.82, 2.24) is 5.32 Å². The van der Waals surface area contributed by atoms with Crippen molar-refractivity contribution in [3.63, 3.8) is 0 Å². The van der Waals surface area contributed by atoms with Gasteiger partial charge in [0.25, 0.3) is 0 Å². The topological polar surface area (TPSA) is 80.3 Å². The van der Waals surface area contributed by atoms with Crippen LogP contribution in [0.4, 0.5) is 13.2 Å². The Morgan fingerprint density at radius 2 is 1.56 bits per heavy atom. The highest BCUT2D eigenvalue weighted by Crippen LogP contribution is 2.61. The van der Waals surface area contributed by atoms with Crippen molar-refractivity contribution >= 4 is 23.4 Å². The molecule has 0 spiro atoms. The van der Waals surface area contributed by atoms with Crippen LogP contribution in [-0.4, -0.2) is 23.4 Å². The van der Waals surface area contributed by atoms with Crippen molar-refractivity contribution in [2.75, 3.05) is 0 Å². The fourth-order valence-electron chi connectivity index (χ4n) is 7.04. The zero-order valence-electron chi connectivity index (χ0n) is 19.3. The molecule has 6 rings (SSSR count). The van der Waals surface area contributed by atoms with Crippen molar-refractivity contribution < 1.29 is 32.3 Å². The SMILES string of the molecule is C[C@@]12C[C@@H]3C(=CC[C@@H]4C(=O)NC(=O)[C@@H]43)[C@@H](c3ccc(C(F)(F)F)cc3)[C@@H]1C(=O)c1ccccc1C2=O. The predicted molar refractivity (Wildman–Crippen MR) is 122 cm³/mol. The van der Waals surface area contributed by atoms with E-state index in [4.69, 9.17) is 0 Å². The van der Waals surface area contributed by atoms with E-state index in [1.165, 1.54) is 12.1 Å². The Morgan fingerprint density at radius 3 is 2.22 bits per heavy atom. The third-order valence-electron chi connectivity index (χ3n) is 8.65. The van der Waals surface area contributed by atoms with Crippen LogP contribution in [0.25, 0.3) is 0 Å². The molecule has 1 aliphatic heterocycles. The molecule has 4 aliphatic rings. The van der Waals surface area contributed by atoms with Gasteiger partial charge in [-0.3, -0.25) is 24.5 Å². The van der Waals surface area contributed by atoms with Gasteiger partial charge in [-0.05, 0) is 36.5 Å². The van der Waals surface area contributed by atoms with Gasteiger partial charge in [0.05, 0.1) is 17.4 Å². The first kappa shape index (κ1) is 22.9. The molecule has 2 amide bonds. The second kappa shape index (κ2) is 7.48. The standard InChI is InChI=1S/C28H22F3NO4/c1-27-12-19-15(10-11-18-21(19)26(36)32-25(18)35)20(13-6-8-14(9-7-13)28(29,30)31)22(27)23(33)16-4-2-3-5-17(16)24(27)34/h2-10,18-22H,11-12H2,1H3,(H,32,35,36)/t18-,19+,20+,21-,22+,27+/m0/s1. The predicted octanol–water partition coefficient (Wildman–Crippen LogP) is 4.73. The summed E-state index contributed by atoms with van der Waals surface area (Å²) in [6.45, 7) is 1.72. The molecule has 1 saturated carbocycles. The van der Waals surface area contributed by atoms with Crippen LogP contribution in [0.5, 0.6) is 0 Å². The summed E-state index contributed by atoms with van der Waals surface area (Å²) in [5.41, 5.74) is -0.129. The van der Waals surface area contributed by atoms with E-state index < -0.39 is 52.7 Å². The van der Waals surface area contributed by atoms with Gasteiger partial charge < -0.3 is 0 Å². The second-order valence-corrected chi connectivity index (χ2v) is 10.5. The van der Waals surface area contributed by atoms with E-state index >= 15 is 0 Å². The summed E-state index contributed by atoms with van der Waals surface area (Å²) in [7, 11) is 0. The zero-order chi connectivity index (χ0) is 25.6. The monoisotopic (exact) mass is 493 g/mol. The van der Waals surface area contributed by atoms with Gasteiger partial charge in [-0.1, -0.05) is 55.0 Å². The number of hydrogen-bond donors (Lipinski definition) is 1. The van der Waals surface area contributed by atoms with Crippen LogP contribution >= 0.6 is 0 Å². The van der Waals surface area contributed by atoms with Gasteiger partial charge >= 0.3 is 6.18 Å². The number of halogens is 3. The van der Waals surface area contributed by atoms with Gasteiger partial charge in [-0.25, -0.2) is 0 Å². The number of imide groups is 1. The van der Waals surface area contributed by atoms with Crippen molar-refractivity contribution in [1.29, 1.82) is 0 Å². The Bertz CT molecular complexity index is 1380. The van der Waals surface area contributed by atoms with E-state index in [2.05, 4.69) is 5.32 Å². The van der Waals surface area contributed by atoms with E-state index in [9.17, 15) is 32.3 Å². The molecule has 0 aromatic heterocycles. The minimum Gasteiger partial charge on any atom is -0.296 e. The molecule has 2 aromatic rings. The zero-order valence-corrected chi connectivity index (χ0v) is 19.3. The maximum Gasteiger partial charge on any atom is 0.416 e. The molecule has 2 fully saturated rings. The van der Waals surface area contributed by atoms with E-state index in [0.717, 1.165) is 17.7 Å². The third kappa shape index (κ3) is 3.02. The quantitative estimate of drug-likeness (QED) is 0.460. The van der Waals surface area contributed by atoms with Crippen LogP contribution in [0.1, 0.15) is 57.5 Å². The number of carbonyl (C=O) groups excluding carboxylic acids is 4. The smallest absolute Gasteiger partial charge is 0.296 e. The Balaban J connectivity index is 1.56. The third-order valence-corrected chi connectivity index (χ3v) is 8.65. The number of benzene rings is 2. The summed E-state index contributed by atoms with van der Waals surface area (Å²) in [5, 5.41) is 2.40. The van der Waals surface area contributed by atoms with Gasteiger partial charge in [0.1, 0.15) is 0 Å². The van der Waals surface area contributed by atoms with E-state index in [1.807, 2.05) is 6.08 Å². The Kier molecular flexibility index (Phi) is 4.75. The normalized spacial score (nSPS) is 33.2. The number of rotatable bonds is 1. The number of carbonyl (C=O) groups is 4. The highest BCUT2D eigenvalue weighted by atomic mass is 19.4. The lowest BCUT2D eigenvalue weighted by Crippen LogP contribution is -2.55. The lowest BCUT2D eigenvalue weighted by molar-refractivity contribution is -0.137. The number of fused-ring (bicyclic) bond motifs is 5. The number of Topliss-reactive ketones (excluding diaryl/α,β-unsaturated/α-hetero) is 2. The summed E-state index contributed by atoms with van der Waals surface area (Å²) in [5.74, 6) is -4.43. The maximum absolute atomic E-state index is 13.9. The first-order valence-corrected chi connectivity index (χ1v) is 11.9. The summed E-state index contributed by atoms with van der Waals surface area (Å²) >= 11 is 0. The number of allylic oxidation sites excluding steroid dienone is 2. The van der Waals surface area contributed by atoms with Gasteiger partial charge in [0.15, 0.2) is 11.6 Å². The Labute approximate surface area is 204 Å². The summed E-state index contributed by atoms with van der Waals surface area (Å²) in [4.78, 5) is 53.1. The van der Waals surface area contributed by atoms with Crippen molar-refractivity contribution in [3.05, 3.63) is 82.4 Å². The molecule has 0 radical (unpaired) electrons. The number of ketones is 2. The molecule has 0 unspecified atom stereocenters. The molecule has 36 heavy (non-hydrogen) atoms. The van der Waals surface area contributed by atoms with E-state index in [1.54, 1.807) is 31.2 Å². The lowest BCUT2D eigenvalue weighted by Gasteiger charge is -2.53. The molecule has 0 bridgehead atoms. The highest BCUT2D eigenvalue weighted by molar-refractivity contribution is 6.18. The lowest BCUT2D eigenvalue weighted by atomic mass is 9.47. The van der Waals surface area contributed by atoms with Crippen LogP contribution in [0.2, 0.25) is 0 Å². The van der Waals surface area contributed by atoms with E-state index in [-0.39, 0.29) is 23.9 Å². The molecule has 2 aromatic carbocycles. The van der Waals surface area contributed by atoms with Crippen LogP contribution in [-0.2, 0) is 15.8 Å². The highest BCUT2D eigenvalue weighted by Gasteiger charge is 2.62. The fourth-order valence-corrected chi connectivity index (χ4v) is 7.04. The fraction of sp³-hybridized carbons (Fsp3) is 0.357. The Hall–Kier alpha value is -3.55. The number of nitrogens with one attached hydrogen (secondary N) is 1. The molecule has 1 saturated heterocycles. The minimum atomic E-state index is -4.52. The Morgan fingerprint density at radius 1 is 0.889 bits per heavy atom. The van der Waals surface area contributed by atoms with Crippen molar-refractivity contribution in [2.24, 2.45) is 29.1 Å². The van der Waals surface area contributed by atoms with Crippen LogP contribution in [0.3, 0.4) is 0 Å². The molecule has 3 aliphatic carbocycles. The summed E-state index contributed by atoms with van der Waals surface area (Å²) in [6.07, 6.45) is -2.14. The first-order chi connectivity index (χ1) is 17.0. The minimum absolute atomic E-state index is 0.210. The average molecular weight is 493 g/mol. The maximum atomic E-state index is 13.9. The average Bonchev–Trinajstić information content (AvgIpc) is 3.14. The van der Waals surface area contributed by atoms with Crippen molar-refractivity contribution in [2.45, 2.75) is 31.9 Å². The van der Waals surface area contributed by atoms with Gasteiger partial charge in [0.2, 0.25) is 11.8 Å². The molecule has 1 heterocycles. The van der Waals surface area contributed by atoms with Gasteiger partial charge in [-0.15, -0.1) is 0 Å². The second-order valence-electron chi connectivity index (χ2n) is 10.5. The molecule has 5 nitrogen and oxygen atoms in total. The molecule has 6 atom stereocenters. The summed E-state index contributed by atoms with van der Waals surface area (Å²) in [6, 6.07) is 11.3. The molecule has 184 valence electrons. The number of hydrogen-bond acceptors (Lipinski definition) is 4. The van der Waals surface area contributed by atoms with E-state index in [0.29, 0.717) is 23.1 Å². The first-order valence-electron chi connectivity index (χ1n) is 11.9. The van der Waals surface area contributed by atoms with Crippen molar-refractivity contribution in [3.8, 4) is 0 Å². The van der Waals surface area contributed by atoms with Crippen LogP contribution in [0.15, 0.2) is 60.2 Å². The molecular weight excluding hydrogens is 471 g/mol. The van der Waals surface area contributed by atoms with Gasteiger partial charge in [-0.2, -0.15) is 13.2 Å². The molecular formula is C28H22F3NO4. The number of alkyl halides is 3. The van der Waals surface area contributed by atoms with Crippen LogP contribution < -0.4 is 5.32 Å². The molecule has 1 N–H and O–H groups in total. The largest absolute Gasteiger partial charge is 0.416 e.